The third kappa shape index (κ3) is 8.89. The first-order valence-electron chi connectivity index (χ1n) is 13.1. The summed E-state index contributed by atoms with van der Waals surface area (Å²) in [7, 11) is 1.79. The summed E-state index contributed by atoms with van der Waals surface area (Å²) in [6.07, 6.45) is 0.874. The summed E-state index contributed by atoms with van der Waals surface area (Å²) >= 11 is 1.23. The van der Waals surface area contributed by atoms with Crippen LogP contribution in [0.15, 0.2) is 46.4 Å². The third-order valence-electron chi connectivity index (χ3n) is 5.93. The average Bonchev–Trinajstić information content (AvgIpc) is 3.36. The zero-order chi connectivity index (χ0) is 29.2. The molecule has 0 atom stereocenters. The van der Waals surface area contributed by atoms with Crippen LogP contribution in [-0.4, -0.2) is 114 Å². The van der Waals surface area contributed by atoms with Gasteiger partial charge in [0.2, 0.25) is 15.9 Å². The van der Waals surface area contributed by atoms with Gasteiger partial charge >= 0.3 is 0 Å². The highest BCUT2D eigenvalue weighted by Crippen LogP contribution is 2.26. The maximum atomic E-state index is 13.5. The van der Waals surface area contributed by atoms with Gasteiger partial charge in [0, 0.05) is 31.8 Å². The quantitative estimate of drug-likeness (QED) is 0.205. The molecule has 0 radical (unpaired) electrons. The molecule has 1 aliphatic heterocycles. The van der Waals surface area contributed by atoms with E-state index in [9.17, 15) is 13.2 Å². The molecule has 222 valence electrons. The maximum Gasteiger partial charge on any atom is 0.278 e. The van der Waals surface area contributed by atoms with Gasteiger partial charge in [-0.2, -0.15) is 5.10 Å². The van der Waals surface area contributed by atoms with Crippen LogP contribution < -0.4 is 14.8 Å². The number of methoxy groups -OCH3 is 1. The molecule has 13 nitrogen and oxygen atoms in total. The molecule has 3 aromatic rings. The molecule has 41 heavy (non-hydrogen) atoms. The first-order valence-corrected chi connectivity index (χ1v) is 15.4. The van der Waals surface area contributed by atoms with Gasteiger partial charge in [-0.05, 0) is 38.7 Å². The SMILES string of the molecule is COCCNS(=O)(=O)c1ccc(/C(=N\N2CCOCC2)C(=O)Nc2nc3ccc(OCCCN(C)C)nc3s2)cc1. The van der Waals surface area contributed by atoms with E-state index < -0.39 is 15.9 Å². The molecule has 15 heteroatoms. The summed E-state index contributed by atoms with van der Waals surface area (Å²) in [5.74, 6) is 0.0173. The average molecular weight is 606 g/mol. The second kappa shape index (κ2) is 14.6. The molecule has 0 bridgehead atoms. The van der Waals surface area contributed by atoms with Crippen molar-refractivity contribution >= 4 is 48.5 Å². The molecule has 0 aliphatic carbocycles. The Balaban J connectivity index is 1.51. The lowest BCUT2D eigenvalue weighted by Gasteiger charge is -2.24. The minimum Gasteiger partial charge on any atom is -0.478 e. The number of anilines is 1. The van der Waals surface area contributed by atoms with Crippen molar-refractivity contribution in [1.29, 1.82) is 0 Å². The summed E-state index contributed by atoms with van der Waals surface area (Å²) in [5.41, 5.74) is 1.21. The van der Waals surface area contributed by atoms with Crippen LogP contribution in [0.4, 0.5) is 5.13 Å². The van der Waals surface area contributed by atoms with E-state index in [0.29, 0.717) is 59.8 Å². The van der Waals surface area contributed by atoms with E-state index in [-0.39, 0.29) is 23.8 Å². The van der Waals surface area contributed by atoms with Crippen LogP contribution in [0.5, 0.6) is 5.88 Å². The zero-order valence-electron chi connectivity index (χ0n) is 23.3. The monoisotopic (exact) mass is 605 g/mol. The molecule has 0 unspecified atom stereocenters. The van der Waals surface area contributed by atoms with Crippen molar-refractivity contribution in [3.63, 3.8) is 0 Å². The van der Waals surface area contributed by atoms with Gasteiger partial charge in [0.1, 0.15) is 10.3 Å². The number of hydrogen-bond donors (Lipinski definition) is 2. The first kappa shape index (κ1) is 30.7. The Labute approximate surface area is 243 Å². The topological polar surface area (TPSA) is 148 Å². The number of thiazole rings is 1. The number of sulfonamides is 1. The van der Waals surface area contributed by atoms with E-state index >= 15 is 0 Å². The summed E-state index contributed by atoms with van der Waals surface area (Å²) in [5, 5.41) is 9.54. The van der Waals surface area contributed by atoms with E-state index in [0.717, 1.165) is 13.0 Å². The molecule has 0 spiro atoms. The van der Waals surface area contributed by atoms with E-state index in [1.54, 1.807) is 29.3 Å². The number of aromatic nitrogens is 2. The summed E-state index contributed by atoms with van der Waals surface area (Å²) in [6.45, 7) is 3.89. The number of pyridine rings is 1. The Morgan fingerprint density at radius 2 is 1.88 bits per heavy atom. The van der Waals surface area contributed by atoms with E-state index in [1.165, 1.54) is 30.6 Å². The number of morpholine rings is 1. The van der Waals surface area contributed by atoms with Crippen LogP contribution >= 0.6 is 11.3 Å². The van der Waals surface area contributed by atoms with Crippen LogP contribution in [0, 0.1) is 0 Å². The number of nitrogens with zero attached hydrogens (tertiary/aromatic N) is 5. The maximum absolute atomic E-state index is 13.5. The minimum atomic E-state index is -3.73. The Bertz CT molecular complexity index is 1440. The van der Waals surface area contributed by atoms with Crippen molar-refractivity contribution in [3.8, 4) is 5.88 Å². The minimum absolute atomic E-state index is 0.0699. The summed E-state index contributed by atoms with van der Waals surface area (Å²) < 4.78 is 43.7. The third-order valence-corrected chi connectivity index (χ3v) is 8.29. The molecule has 1 aromatic carbocycles. The lowest BCUT2D eigenvalue weighted by atomic mass is 10.1. The van der Waals surface area contributed by atoms with Crippen LogP contribution in [0.1, 0.15) is 12.0 Å². The fourth-order valence-corrected chi connectivity index (χ4v) is 5.67. The van der Waals surface area contributed by atoms with Crippen molar-refractivity contribution in [1.82, 2.24) is 24.6 Å². The van der Waals surface area contributed by atoms with Crippen molar-refractivity contribution in [2.75, 3.05) is 79.1 Å². The van der Waals surface area contributed by atoms with E-state index in [4.69, 9.17) is 14.2 Å². The number of benzene rings is 1. The lowest BCUT2D eigenvalue weighted by molar-refractivity contribution is -0.110. The van der Waals surface area contributed by atoms with Crippen LogP contribution in [0.3, 0.4) is 0 Å². The van der Waals surface area contributed by atoms with Gasteiger partial charge in [-0.25, -0.2) is 23.1 Å². The van der Waals surface area contributed by atoms with E-state index in [2.05, 4.69) is 30.0 Å². The second-order valence-electron chi connectivity index (χ2n) is 9.38. The number of nitrogens with one attached hydrogen (secondary N) is 2. The second-order valence-corrected chi connectivity index (χ2v) is 12.1. The number of hydrogen-bond acceptors (Lipinski definition) is 12. The number of carbonyl (C=O) groups is 1. The highest BCUT2D eigenvalue weighted by molar-refractivity contribution is 7.89. The number of amides is 1. The molecule has 4 rings (SSSR count). The Morgan fingerprint density at radius 3 is 2.59 bits per heavy atom. The van der Waals surface area contributed by atoms with Gasteiger partial charge in [0.25, 0.3) is 5.91 Å². The van der Waals surface area contributed by atoms with Crippen molar-refractivity contribution in [2.24, 2.45) is 5.10 Å². The van der Waals surface area contributed by atoms with Gasteiger partial charge in [-0.15, -0.1) is 0 Å². The molecule has 2 aromatic heterocycles. The van der Waals surface area contributed by atoms with Crippen LogP contribution in [-0.2, 0) is 24.3 Å². The summed E-state index contributed by atoms with van der Waals surface area (Å²) in [4.78, 5) is 25.3. The van der Waals surface area contributed by atoms with Crippen molar-refractivity contribution < 1.29 is 27.4 Å². The highest BCUT2D eigenvalue weighted by Gasteiger charge is 2.21. The fourth-order valence-electron chi connectivity index (χ4n) is 3.83. The van der Waals surface area contributed by atoms with Gasteiger partial charge < -0.3 is 19.1 Å². The normalized spacial score (nSPS) is 14.5. The largest absolute Gasteiger partial charge is 0.478 e. The molecular formula is C26H35N7O6S2. The fraction of sp³-hybridized carbons (Fsp3) is 0.462. The number of rotatable bonds is 14. The van der Waals surface area contributed by atoms with Gasteiger partial charge in [-0.1, -0.05) is 23.5 Å². The van der Waals surface area contributed by atoms with Crippen molar-refractivity contribution in [3.05, 3.63) is 42.0 Å². The van der Waals surface area contributed by atoms with E-state index in [1.807, 2.05) is 14.1 Å². The number of fused-ring (bicyclic) bond motifs is 1. The Kier molecular flexibility index (Phi) is 11.0. The number of carbonyl (C=O) groups excluding carboxylic acids is 1. The first-order chi connectivity index (χ1) is 19.7. The lowest BCUT2D eigenvalue weighted by Crippen LogP contribution is -2.35. The highest BCUT2D eigenvalue weighted by atomic mass is 32.2. The molecule has 1 saturated heterocycles. The molecule has 3 heterocycles. The summed E-state index contributed by atoms with van der Waals surface area (Å²) in [6, 6.07) is 9.56. The predicted octanol–water partition coefficient (Wildman–Crippen LogP) is 1.62. The number of hydrazone groups is 1. The van der Waals surface area contributed by atoms with Gasteiger partial charge in [-0.3, -0.25) is 15.1 Å². The van der Waals surface area contributed by atoms with Gasteiger partial charge in [0.15, 0.2) is 10.8 Å². The van der Waals surface area contributed by atoms with Gasteiger partial charge in [0.05, 0.1) is 44.4 Å². The van der Waals surface area contributed by atoms with Crippen molar-refractivity contribution in [2.45, 2.75) is 11.3 Å². The Morgan fingerprint density at radius 1 is 1.12 bits per heavy atom. The van der Waals surface area contributed by atoms with Crippen LogP contribution in [0.25, 0.3) is 10.3 Å². The number of ether oxygens (including phenoxy) is 3. The molecule has 0 saturated carbocycles. The molecule has 2 N–H and O–H groups in total. The molecule has 1 fully saturated rings. The standard InChI is InChI=1S/C26H35N7O6S2/c1-32(2)12-4-15-39-22-10-9-21-25(29-22)40-26(28-21)30-24(34)23(31-33-13-17-38-18-14-33)19-5-7-20(8-6-19)41(35,36)27-11-16-37-3/h5-10,27H,4,11-18H2,1-3H3,(H,28,30,34)/b31-23+. The smallest absolute Gasteiger partial charge is 0.278 e. The Hall–Kier alpha value is -3.21. The zero-order valence-corrected chi connectivity index (χ0v) is 25.0. The predicted molar refractivity (Wildman–Crippen MR) is 157 cm³/mol. The molecule has 1 amide bonds. The molecular weight excluding hydrogens is 570 g/mol. The molecule has 1 aliphatic rings. The van der Waals surface area contributed by atoms with Crippen LogP contribution in [0.2, 0.25) is 0 Å².